The Hall–Kier alpha value is -1.48. The topological polar surface area (TPSA) is 38.1 Å². The summed E-state index contributed by atoms with van der Waals surface area (Å²) in [4.78, 5) is 4.21. The molecule has 0 unspecified atom stereocenters. The number of benzene rings is 1. The molecule has 0 bridgehead atoms. The molecule has 0 amide bonds. The molecule has 14 heavy (non-hydrogen) atoms. The standard InChI is InChI=1S/C10H9ClN2O/c1-12-10-13-9(6-14-10)7-2-4-8(11)5-3-7/h2-6H,1H3,(H,12,13). The molecule has 1 aromatic heterocycles. The Bertz CT molecular complexity index is 422. The van der Waals surface area contributed by atoms with Crippen molar-refractivity contribution in [1.82, 2.24) is 4.98 Å². The first-order valence-electron chi connectivity index (χ1n) is 4.19. The minimum Gasteiger partial charge on any atom is -0.432 e. The lowest BCUT2D eigenvalue weighted by Gasteiger charge is -1.94. The lowest BCUT2D eigenvalue weighted by Crippen LogP contribution is -1.86. The number of anilines is 1. The van der Waals surface area contributed by atoms with Crippen LogP contribution < -0.4 is 5.32 Å². The largest absolute Gasteiger partial charge is 0.432 e. The van der Waals surface area contributed by atoms with Crippen molar-refractivity contribution in [1.29, 1.82) is 0 Å². The lowest BCUT2D eigenvalue weighted by molar-refractivity contribution is 0.576. The van der Waals surface area contributed by atoms with Crippen LogP contribution in [0.25, 0.3) is 11.3 Å². The molecule has 0 spiro atoms. The van der Waals surface area contributed by atoms with Gasteiger partial charge in [-0.3, -0.25) is 0 Å². The van der Waals surface area contributed by atoms with E-state index >= 15 is 0 Å². The molecule has 2 aromatic rings. The summed E-state index contributed by atoms with van der Waals surface area (Å²) in [5.74, 6) is 0. The Morgan fingerprint density at radius 3 is 2.57 bits per heavy atom. The van der Waals surface area contributed by atoms with Crippen LogP contribution in [0.3, 0.4) is 0 Å². The predicted octanol–water partition coefficient (Wildman–Crippen LogP) is 3.04. The Kier molecular flexibility index (Phi) is 2.41. The van der Waals surface area contributed by atoms with E-state index in [-0.39, 0.29) is 0 Å². The SMILES string of the molecule is CNc1nc(-c2ccc(Cl)cc2)co1. The number of hydrogen-bond donors (Lipinski definition) is 1. The van der Waals surface area contributed by atoms with Crippen molar-refractivity contribution in [3.8, 4) is 11.3 Å². The van der Waals surface area contributed by atoms with Gasteiger partial charge in [-0.15, -0.1) is 0 Å². The van der Waals surface area contributed by atoms with Gasteiger partial charge in [0.15, 0.2) is 0 Å². The molecule has 2 rings (SSSR count). The smallest absolute Gasteiger partial charge is 0.294 e. The van der Waals surface area contributed by atoms with Gasteiger partial charge < -0.3 is 9.73 Å². The molecule has 0 saturated heterocycles. The lowest BCUT2D eigenvalue weighted by atomic mass is 10.2. The predicted molar refractivity (Wildman–Crippen MR) is 56.5 cm³/mol. The zero-order valence-corrected chi connectivity index (χ0v) is 8.38. The average molecular weight is 209 g/mol. The number of oxazole rings is 1. The molecule has 1 N–H and O–H groups in total. The van der Waals surface area contributed by atoms with Gasteiger partial charge in [-0.2, -0.15) is 4.98 Å². The van der Waals surface area contributed by atoms with Crippen LogP contribution in [0.2, 0.25) is 5.02 Å². The monoisotopic (exact) mass is 208 g/mol. The molecule has 0 radical (unpaired) electrons. The van der Waals surface area contributed by atoms with Crippen LogP contribution in [-0.4, -0.2) is 12.0 Å². The minimum atomic E-state index is 0.509. The summed E-state index contributed by atoms with van der Waals surface area (Å²) in [7, 11) is 1.76. The van der Waals surface area contributed by atoms with Crippen molar-refractivity contribution in [2.75, 3.05) is 12.4 Å². The van der Waals surface area contributed by atoms with Gasteiger partial charge >= 0.3 is 0 Å². The molecule has 1 aromatic carbocycles. The molecule has 0 fully saturated rings. The first kappa shape index (κ1) is 9.09. The van der Waals surface area contributed by atoms with Crippen molar-refractivity contribution in [3.05, 3.63) is 35.6 Å². The van der Waals surface area contributed by atoms with Crippen molar-refractivity contribution in [2.24, 2.45) is 0 Å². The Morgan fingerprint density at radius 1 is 1.29 bits per heavy atom. The second kappa shape index (κ2) is 3.72. The Labute approximate surface area is 86.7 Å². The summed E-state index contributed by atoms with van der Waals surface area (Å²) < 4.78 is 5.14. The van der Waals surface area contributed by atoms with Gasteiger partial charge in [-0.1, -0.05) is 23.7 Å². The number of nitrogens with one attached hydrogen (secondary N) is 1. The van der Waals surface area contributed by atoms with E-state index in [1.54, 1.807) is 13.3 Å². The molecule has 4 heteroatoms. The van der Waals surface area contributed by atoms with Gasteiger partial charge in [0.2, 0.25) is 0 Å². The van der Waals surface area contributed by atoms with Crippen LogP contribution in [0, 0.1) is 0 Å². The third-order valence-corrected chi connectivity index (χ3v) is 2.11. The molecule has 1 heterocycles. The zero-order chi connectivity index (χ0) is 9.97. The molecular formula is C10H9ClN2O. The Balaban J connectivity index is 2.34. The quantitative estimate of drug-likeness (QED) is 0.825. The van der Waals surface area contributed by atoms with E-state index in [0.29, 0.717) is 11.0 Å². The molecule has 0 aliphatic carbocycles. The summed E-state index contributed by atoms with van der Waals surface area (Å²) in [5.41, 5.74) is 1.78. The highest BCUT2D eigenvalue weighted by atomic mass is 35.5. The van der Waals surface area contributed by atoms with Crippen LogP contribution >= 0.6 is 11.6 Å². The van der Waals surface area contributed by atoms with E-state index in [1.807, 2.05) is 24.3 Å². The van der Waals surface area contributed by atoms with Crippen LogP contribution in [0.15, 0.2) is 34.9 Å². The van der Waals surface area contributed by atoms with E-state index in [1.165, 1.54) is 0 Å². The van der Waals surface area contributed by atoms with Gasteiger partial charge in [0, 0.05) is 17.6 Å². The van der Waals surface area contributed by atoms with Gasteiger partial charge in [-0.05, 0) is 12.1 Å². The highest BCUT2D eigenvalue weighted by Crippen LogP contribution is 2.21. The molecule has 0 atom stereocenters. The van der Waals surface area contributed by atoms with E-state index < -0.39 is 0 Å². The number of nitrogens with zero attached hydrogens (tertiary/aromatic N) is 1. The van der Waals surface area contributed by atoms with Gasteiger partial charge in [0.1, 0.15) is 12.0 Å². The molecule has 0 aliphatic heterocycles. The number of halogens is 1. The zero-order valence-electron chi connectivity index (χ0n) is 7.62. The fraction of sp³-hybridized carbons (Fsp3) is 0.100. The first-order valence-corrected chi connectivity index (χ1v) is 4.56. The number of aromatic nitrogens is 1. The van der Waals surface area contributed by atoms with Crippen LogP contribution in [0.4, 0.5) is 6.01 Å². The average Bonchev–Trinajstić information content (AvgIpc) is 2.67. The second-order valence-corrected chi connectivity index (χ2v) is 3.23. The fourth-order valence-electron chi connectivity index (χ4n) is 1.14. The van der Waals surface area contributed by atoms with Crippen molar-refractivity contribution in [2.45, 2.75) is 0 Å². The second-order valence-electron chi connectivity index (χ2n) is 2.79. The van der Waals surface area contributed by atoms with Crippen molar-refractivity contribution in [3.63, 3.8) is 0 Å². The van der Waals surface area contributed by atoms with Gasteiger partial charge in [-0.25, -0.2) is 0 Å². The van der Waals surface area contributed by atoms with E-state index in [9.17, 15) is 0 Å². The first-order chi connectivity index (χ1) is 6.79. The van der Waals surface area contributed by atoms with E-state index in [0.717, 1.165) is 11.3 Å². The van der Waals surface area contributed by atoms with Crippen molar-refractivity contribution < 1.29 is 4.42 Å². The Morgan fingerprint density at radius 2 is 2.00 bits per heavy atom. The minimum absolute atomic E-state index is 0.509. The molecule has 0 saturated carbocycles. The maximum absolute atomic E-state index is 5.78. The normalized spacial score (nSPS) is 10.1. The highest BCUT2D eigenvalue weighted by molar-refractivity contribution is 6.30. The molecule has 72 valence electrons. The summed E-state index contributed by atoms with van der Waals surface area (Å²) in [5, 5.41) is 3.54. The van der Waals surface area contributed by atoms with Gasteiger partial charge in [0.05, 0.1) is 0 Å². The molecule has 3 nitrogen and oxygen atoms in total. The van der Waals surface area contributed by atoms with E-state index in [2.05, 4.69) is 10.3 Å². The van der Waals surface area contributed by atoms with E-state index in [4.69, 9.17) is 16.0 Å². The summed E-state index contributed by atoms with van der Waals surface area (Å²) in [6, 6.07) is 7.96. The summed E-state index contributed by atoms with van der Waals surface area (Å²) in [6.07, 6.45) is 1.61. The highest BCUT2D eigenvalue weighted by Gasteiger charge is 2.03. The van der Waals surface area contributed by atoms with Crippen molar-refractivity contribution >= 4 is 17.6 Å². The van der Waals surface area contributed by atoms with Crippen LogP contribution in [0.1, 0.15) is 0 Å². The third kappa shape index (κ3) is 1.72. The molecular weight excluding hydrogens is 200 g/mol. The fourth-order valence-corrected chi connectivity index (χ4v) is 1.27. The number of rotatable bonds is 2. The van der Waals surface area contributed by atoms with Gasteiger partial charge in [0.25, 0.3) is 6.01 Å². The summed E-state index contributed by atoms with van der Waals surface area (Å²) in [6.45, 7) is 0. The van der Waals surface area contributed by atoms with Crippen LogP contribution in [-0.2, 0) is 0 Å². The maximum Gasteiger partial charge on any atom is 0.294 e. The molecule has 0 aliphatic rings. The number of hydrogen-bond acceptors (Lipinski definition) is 3. The van der Waals surface area contributed by atoms with Crippen LogP contribution in [0.5, 0.6) is 0 Å². The summed E-state index contributed by atoms with van der Waals surface area (Å²) >= 11 is 5.78. The maximum atomic E-state index is 5.78. The third-order valence-electron chi connectivity index (χ3n) is 1.86.